The smallest absolute Gasteiger partial charge is 0.265 e. The third-order valence-electron chi connectivity index (χ3n) is 4.45. The summed E-state index contributed by atoms with van der Waals surface area (Å²) in [5, 5.41) is 2.82. The zero-order valence-electron chi connectivity index (χ0n) is 14.9. The fourth-order valence-electron chi connectivity index (χ4n) is 3.08. The number of benzene rings is 2. The molecule has 2 aliphatic heterocycles. The Morgan fingerprint density at radius 1 is 1.15 bits per heavy atom. The maximum Gasteiger partial charge on any atom is 0.265 e. The molecule has 1 atom stereocenters. The van der Waals surface area contributed by atoms with E-state index in [-0.39, 0.29) is 31.1 Å². The van der Waals surface area contributed by atoms with E-state index in [1.54, 1.807) is 0 Å². The van der Waals surface area contributed by atoms with E-state index >= 15 is 0 Å². The first kappa shape index (κ1) is 17.2. The second-order valence-electron chi connectivity index (χ2n) is 6.54. The van der Waals surface area contributed by atoms with Crippen LogP contribution < -0.4 is 24.4 Å². The van der Waals surface area contributed by atoms with Crippen molar-refractivity contribution in [2.24, 2.45) is 0 Å². The number of nitrogens with zero attached hydrogens (tertiary/aromatic N) is 1. The van der Waals surface area contributed by atoms with Gasteiger partial charge in [0.2, 0.25) is 5.91 Å². The lowest BCUT2D eigenvalue weighted by Gasteiger charge is -2.30. The minimum atomic E-state index is -0.279. The number of carbonyl (C=O) groups is 2. The number of nitrogens with one attached hydrogen (secondary N) is 1. The van der Waals surface area contributed by atoms with Crippen LogP contribution in [0.2, 0.25) is 0 Å². The summed E-state index contributed by atoms with van der Waals surface area (Å²) >= 11 is 0. The molecule has 0 saturated heterocycles. The van der Waals surface area contributed by atoms with E-state index in [2.05, 4.69) is 5.32 Å². The average molecular weight is 368 g/mol. The van der Waals surface area contributed by atoms with Crippen molar-refractivity contribution in [3.63, 3.8) is 0 Å². The van der Waals surface area contributed by atoms with E-state index in [1.165, 1.54) is 4.90 Å². The molecule has 2 amide bonds. The number of para-hydroxylation sites is 2. The fraction of sp³-hybridized carbons (Fsp3) is 0.300. The summed E-state index contributed by atoms with van der Waals surface area (Å²) in [5.74, 6) is 1.46. The number of aryl methyl sites for hydroxylation is 1. The van der Waals surface area contributed by atoms with Gasteiger partial charge in [0.1, 0.15) is 25.0 Å². The Labute approximate surface area is 156 Å². The third kappa shape index (κ3) is 3.67. The normalized spacial score (nSPS) is 17.7. The molecule has 0 unspecified atom stereocenters. The predicted octanol–water partition coefficient (Wildman–Crippen LogP) is 1.68. The third-order valence-corrected chi connectivity index (χ3v) is 4.45. The molecular formula is C20H20N2O5. The monoisotopic (exact) mass is 368 g/mol. The van der Waals surface area contributed by atoms with Crippen LogP contribution in [0, 0.1) is 6.92 Å². The van der Waals surface area contributed by atoms with Crippen molar-refractivity contribution in [1.82, 2.24) is 5.32 Å². The first-order valence-corrected chi connectivity index (χ1v) is 8.79. The minimum Gasteiger partial charge on any atom is -0.486 e. The van der Waals surface area contributed by atoms with Gasteiger partial charge in [0, 0.05) is 0 Å². The summed E-state index contributed by atoms with van der Waals surface area (Å²) in [4.78, 5) is 26.1. The minimum absolute atomic E-state index is 0.0667. The molecule has 2 heterocycles. The maximum absolute atomic E-state index is 12.4. The van der Waals surface area contributed by atoms with E-state index in [0.29, 0.717) is 36.1 Å². The first-order chi connectivity index (χ1) is 13.1. The number of carbonyl (C=O) groups excluding carboxylic acids is 2. The van der Waals surface area contributed by atoms with Crippen molar-refractivity contribution in [1.29, 1.82) is 0 Å². The highest BCUT2D eigenvalue weighted by Crippen LogP contribution is 2.33. The van der Waals surface area contributed by atoms with Gasteiger partial charge in [0.25, 0.3) is 5.91 Å². The molecule has 2 aromatic carbocycles. The van der Waals surface area contributed by atoms with Gasteiger partial charge in [-0.2, -0.15) is 0 Å². The Bertz CT molecular complexity index is 882. The maximum atomic E-state index is 12.4. The Balaban J connectivity index is 1.36. The van der Waals surface area contributed by atoms with Gasteiger partial charge in [-0.3, -0.25) is 14.5 Å². The molecule has 4 rings (SSSR count). The van der Waals surface area contributed by atoms with Gasteiger partial charge in [0.05, 0.1) is 12.2 Å². The number of anilines is 1. The van der Waals surface area contributed by atoms with Gasteiger partial charge >= 0.3 is 0 Å². The lowest BCUT2D eigenvalue weighted by atomic mass is 10.1. The number of hydrogen-bond acceptors (Lipinski definition) is 5. The molecule has 0 aliphatic carbocycles. The van der Waals surface area contributed by atoms with Gasteiger partial charge in [-0.05, 0) is 36.8 Å². The zero-order valence-corrected chi connectivity index (χ0v) is 14.9. The van der Waals surface area contributed by atoms with Crippen LogP contribution in [0.15, 0.2) is 42.5 Å². The molecule has 1 N–H and O–H groups in total. The lowest BCUT2D eigenvalue weighted by Crippen LogP contribution is -2.47. The van der Waals surface area contributed by atoms with E-state index < -0.39 is 0 Å². The van der Waals surface area contributed by atoms with Gasteiger partial charge < -0.3 is 19.5 Å². The Kier molecular flexibility index (Phi) is 4.58. The SMILES string of the molecule is Cc1ccc2c(c1)N(CC(=O)NC[C@@H]1COc3ccccc3O1)C(=O)CO2. The fourth-order valence-corrected chi connectivity index (χ4v) is 3.08. The van der Waals surface area contributed by atoms with Gasteiger partial charge in [-0.25, -0.2) is 0 Å². The number of amides is 2. The van der Waals surface area contributed by atoms with Crippen LogP contribution in [-0.4, -0.2) is 44.2 Å². The predicted molar refractivity (Wildman–Crippen MR) is 98.4 cm³/mol. The molecule has 0 spiro atoms. The number of rotatable bonds is 4. The first-order valence-electron chi connectivity index (χ1n) is 8.79. The largest absolute Gasteiger partial charge is 0.486 e. The molecule has 140 valence electrons. The molecule has 2 aromatic rings. The van der Waals surface area contributed by atoms with Crippen LogP contribution in [0.25, 0.3) is 0 Å². The topological polar surface area (TPSA) is 77.1 Å². The Hall–Kier alpha value is -3.22. The summed E-state index contributed by atoms with van der Waals surface area (Å²) in [6.45, 7) is 2.44. The molecule has 0 fully saturated rings. The highest BCUT2D eigenvalue weighted by Gasteiger charge is 2.28. The summed E-state index contributed by atoms with van der Waals surface area (Å²) in [6.07, 6.45) is -0.279. The van der Waals surface area contributed by atoms with Crippen LogP contribution >= 0.6 is 0 Å². The van der Waals surface area contributed by atoms with Crippen molar-refractivity contribution in [2.75, 3.05) is 31.2 Å². The van der Waals surface area contributed by atoms with Crippen molar-refractivity contribution < 1.29 is 23.8 Å². The summed E-state index contributed by atoms with van der Waals surface area (Å²) in [5.41, 5.74) is 1.61. The van der Waals surface area contributed by atoms with E-state index in [9.17, 15) is 9.59 Å². The van der Waals surface area contributed by atoms with Crippen LogP contribution in [0.3, 0.4) is 0 Å². The highest BCUT2D eigenvalue weighted by molar-refractivity contribution is 6.02. The molecule has 0 bridgehead atoms. The van der Waals surface area contributed by atoms with E-state index in [4.69, 9.17) is 14.2 Å². The van der Waals surface area contributed by atoms with Crippen LogP contribution in [-0.2, 0) is 9.59 Å². The van der Waals surface area contributed by atoms with Crippen LogP contribution in [0.1, 0.15) is 5.56 Å². The van der Waals surface area contributed by atoms with Crippen molar-refractivity contribution in [3.8, 4) is 17.2 Å². The molecule has 7 heteroatoms. The van der Waals surface area contributed by atoms with Gasteiger partial charge in [-0.1, -0.05) is 18.2 Å². The molecule has 0 aromatic heterocycles. The van der Waals surface area contributed by atoms with Gasteiger partial charge in [0.15, 0.2) is 18.1 Å². The average Bonchev–Trinajstić information content (AvgIpc) is 2.68. The highest BCUT2D eigenvalue weighted by atomic mass is 16.6. The van der Waals surface area contributed by atoms with E-state index in [0.717, 1.165) is 5.56 Å². The number of hydrogen-bond donors (Lipinski definition) is 1. The molecule has 2 aliphatic rings. The van der Waals surface area contributed by atoms with E-state index in [1.807, 2.05) is 49.4 Å². The number of fused-ring (bicyclic) bond motifs is 2. The second kappa shape index (κ2) is 7.19. The standard InChI is InChI=1S/C20H20N2O5/c1-13-6-7-16-15(8-13)22(20(24)12-26-16)10-19(23)21-9-14-11-25-17-4-2-3-5-18(17)27-14/h2-8,14H,9-12H2,1H3,(H,21,23)/t14-/m1/s1. The molecule has 7 nitrogen and oxygen atoms in total. The molecular weight excluding hydrogens is 348 g/mol. The lowest BCUT2D eigenvalue weighted by molar-refractivity contribution is -0.125. The summed E-state index contributed by atoms with van der Waals surface area (Å²) in [7, 11) is 0. The van der Waals surface area contributed by atoms with Crippen molar-refractivity contribution >= 4 is 17.5 Å². The van der Waals surface area contributed by atoms with Crippen molar-refractivity contribution in [3.05, 3.63) is 48.0 Å². The molecule has 27 heavy (non-hydrogen) atoms. The molecule has 0 radical (unpaired) electrons. The van der Waals surface area contributed by atoms with Crippen molar-refractivity contribution in [2.45, 2.75) is 13.0 Å². The zero-order chi connectivity index (χ0) is 18.8. The second-order valence-corrected chi connectivity index (χ2v) is 6.54. The number of ether oxygens (including phenoxy) is 3. The Morgan fingerprint density at radius 3 is 2.81 bits per heavy atom. The molecule has 0 saturated carbocycles. The van der Waals surface area contributed by atoms with Crippen LogP contribution in [0.5, 0.6) is 17.2 Å². The van der Waals surface area contributed by atoms with Gasteiger partial charge in [-0.15, -0.1) is 0 Å². The Morgan fingerprint density at radius 2 is 1.96 bits per heavy atom. The summed E-state index contributed by atoms with van der Waals surface area (Å²) in [6, 6.07) is 13.0. The summed E-state index contributed by atoms with van der Waals surface area (Å²) < 4.78 is 16.9. The quantitative estimate of drug-likeness (QED) is 0.889. The van der Waals surface area contributed by atoms with Crippen LogP contribution in [0.4, 0.5) is 5.69 Å².